The van der Waals surface area contributed by atoms with Gasteiger partial charge in [-0.05, 0) is 23.1 Å². The average Bonchev–Trinajstić information content (AvgIpc) is 2.38. The van der Waals surface area contributed by atoms with Gasteiger partial charge in [0.25, 0.3) is 0 Å². The molecule has 110 valence electrons. The van der Waals surface area contributed by atoms with Gasteiger partial charge in [-0.15, -0.1) is 0 Å². The highest BCUT2D eigenvalue weighted by atomic mass is 16.5. The van der Waals surface area contributed by atoms with Gasteiger partial charge in [0.2, 0.25) is 0 Å². The number of hydrogen-bond acceptors (Lipinski definition) is 3. The van der Waals surface area contributed by atoms with Gasteiger partial charge < -0.3 is 15.4 Å². The largest absolute Gasteiger partial charge is 0.469 e. The van der Waals surface area contributed by atoms with Crippen LogP contribution in [0.15, 0.2) is 24.3 Å². The molecule has 0 aliphatic heterocycles. The zero-order valence-electron chi connectivity index (χ0n) is 12.4. The minimum Gasteiger partial charge on any atom is -0.469 e. The first-order valence-corrected chi connectivity index (χ1v) is 6.55. The van der Waals surface area contributed by atoms with Gasteiger partial charge in [0.1, 0.15) is 0 Å². The molecule has 1 aromatic carbocycles. The molecule has 0 atom stereocenters. The summed E-state index contributed by atoms with van der Waals surface area (Å²) in [7, 11) is 1.32. The molecule has 0 spiro atoms. The number of nitrogens with one attached hydrogen (secondary N) is 2. The Labute approximate surface area is 119 Å². The van der Waals surface area contributed by atoms with Crippen molar-refractivity contribution in [1.82, 2.24) is 5.32 Å². The van der Waals surface area contributed by atoms with Crippen molar-refractivity contribution in [2.75, 3.05) is 19.0 Å². The van der Waals surface area contributed by atoms with E-state index in [1.54, 1.807) is 0 Å². The van der Waals surface area contributed by atoms with E-state index in [0.29, 0.717) is 5.69 Å². The molecule has 20 heavy (non-hydrogen) atoms. The molecule has 1 rings (SSSR count). The van der Waals surface area contributed by atoms with Crippen molar-refractivity contribution in [3.8, 4) is 0 Å². The molecular weight excluding hydrogens is 256 g/mol. The first-order chi connectivity index (χ1) is 9.32. The highest BCUT2D eigenvalue weighted by molar-refractivity contribution is 5.89. The van der Waals surface area contributed by atoms with Crippen molar-refractivity contribution in [2.24, 2.45) is 0 Å². The molecule has 0 heterocycles. The van der Waals surface area contributed by atoms with Crippen LogP contribution in [0.1, 0.15) is 32.8 Å². The van der Waals surface area contributed by atoms with E-state index in [2.05, 4.69) is 36.1 Å². The first kappa shape index (κ1) is 16.0. The summed E-state index contributed by atoms with van der Waals surface area (Å²) in [4.78, 5) is 22.5. The summed E-state index contributed by atoms with van der Waals surface area (Å²) < 4.78 is 4.48. The summed E-state index contributed by atoms with van der Waals surface area (Å²) in [6.07, 6.45) is 0.160. The molecule has 5 heteroatoms. The Morgan fingerprint density at radius 1 is 1.15 bits per heavy atom. The fourth-order valence-electron chi connectivity index (χ4n) is 1.61. The second kappa shape index (κ2) is 6.93. The molecule has 0 aromatic heterocycles. The SMILES string of the molecule is COC(=O)CCNC(=O)Nc1ccc(C(C)(C)C)cc1. The van der Waals surface area contributed by atoms with Crippen molar-refractivity contribution in [1.29, 1.82) is 0 Å². The molecule has 0 aliphatic carbocycles. The van der Waals surface area contributed by atoms with Crippen molar-refractivity contribution >= 4 is 17.7 Å². The molecule has 0 unspecified atom stereocenters. The fourth-order valence-corrected chi connectivity index (χ4v) is 1.61. The van der Waals surface area contributed by atoms with Gasteiger partial charge >= 0.3 is 12.0 Å². The van der Waals surface area contributed by atoms with Crippen molar-refractivity contribution in [3.05, 3.63) is 29.8 Å². The summed E-state index contributed by atoms with van der Waals surface area (Å²) in [5.74, 6) is -0.347. The van der Waals surface area contributed by atoms with Crippen LogP contribution in [0.25, 0.3) is 0 Å². The zero-order valence-corrected chi connectivity index (χ0v) is 12.4. The maximum atomic E-state index is 11.6. The van der Waals surface area contributed by atoms with Crippen molar-refractivity contribution < 1.29 is 14.3 Å². The second-order valence-electron chi connectivity index (χ2n) is 5.53. The van der Waals surface area contributed by atoms with E-state index in [1.165, 1.54) is 12.7 Å². The number of esters is 1. The van der Waals surface area contributed by atoms with Gasteiger partial charge in [-0.2, -0.15) is 0 Å². The molecule has 2 amide bonds. The van der Waals surface area contributed by atoms with Crippen LogP contribution < -0.4 is 10.6 Å². The molecule has 0 bridgehead atoms. The number of ether oxygens (including phenoxy) is 1. The van der Waals surface area contributed by atoms with E-state index in [4.69, 9.17) is 0 Å². The summed E-state index contributed by atoms with van der Waals surface area (Å²) in [5, 5.41) is 5.30. The first-order valence-electron chi connectivity index (χ1n) is 6.55. The Kier molecular flexibility index (Phi) is 5.55. The van der Waals surface area contributed by atoms with Crippen LogP contribution in [-0.4, -0.2) is 25.7 Å². The molecule has 0 radical (unpaired) electrons. The third-order valence-corrected chi connectivity index (χ3v) is 2.85. The lowest BCUT2D eigenvalue weighted by atomic mass is 9.87. The van der Waals surface area contributed by atoms with E-state index in [9.17, 15) is 9.59 Å². The summed E-state index contributed by atoms with van der Waals surface area (Å²) >= 11 is 0. The smallest absolute Gasteiger partial charge is 0.319 e. The number of benzene rings is 1. The Hall–Kier alpha value is -2.04. The maximum Gasteiger partial charge on any atom is 0.319 e. The van der Waals surface area contributed by atoms with E-state index in [1.807, 2.05) is 24.3 Å². The highest BCUT2D eigenvalue weighted by Gasteiger charge is 2.13. The van der Waals surface area contributed by atoms with E-state index in [-0.39, 0.29) is 30.4 Å². The minimum absolute atomic E-state index is 0.0846. The molecule has 5 nitrogen and oxygen atoms in total. The number of hydrogen-bond donors (Lipinski definition) is 2. The van der Waals surface area contributed by atoms with Crippen LogP contribution in [0, 0.1) is 0 Å². The summed E-state index contributed by atoms with van der Waals surface area (Å²) in [6, 6.07) is 7.37. The molecule has 0 saturated carbocycles. The van der Waals surface area contributed by atoms with E-state index >= 15 is 0 Å². The third-order valence-electron chi connectivity index (χ3n) is 2.85. The monoisotopic (exact) mass is 278 g/mol. The van der Waals surface area contributed by atoms with Gasteiger partial charge in [0.15, 0.2) is 0 Å². The molecular formula is C15H22N2O3. The lowest BCUT2D eigenvalue weighted by molar-refractivity contribution is -0.140. The lowest BCUT2D eigenvalue weighted by Gasteiger charge is -2.19. The van der Waals surface area contributed by atoms with Gasteiger partial charge in [-0.1, -0.05) is 32.9 Å². The number of carbonyl (C=O) groups is 2. The topological polar surface area (TPSA) is 67.4 Å². The Balaban J connectivity index is 2.44. The van der Waals surface area contributed by atoms with Gasteiger partial charge in [-0.3, -0.25) is 4.79 Å². The van der Waals surface area contributed by atoms with Gasteiger partial charge in [0.05, 0.1) is 13.5 Å². The summed E-state index contributed by atoms with van der Waals surface area (Å²) in [6.45, 7) is 6.65. The number of urea groups is 1. The summed E-state index contributed by atoms with van der Waals surface area (Å²) in [5.41, 5.74) is 2.00. The minimum atomic E-state index is -0.347. The second-order valence-corrected chi connectivity index (χ2v) is 5.53. The van der Waals surface area contributed by atoms with Crippen LogP contribution in [-0.2, 0) is 14.9 Å². The van der Waals surface area contributed by atoms with Crippen LogP contribution in [0.2, 0.25) is 0 Å². The number of anilines is 1. The number of amides is 2. The van der Waals surface area contributed by atoms with Gasteiger partial charge in [0, 0.05) is 12.2 Å². The van der Waals surface area contributed by atoms with Crippen LogP contribution >= 0.6 is 0 Å². The Morgan fingerprint density at radius 3 is 2.25 bits per heavy atom. The number of methoxy groups -OCH3 is 1. The quantitative estimate of drug-likeness (QED) is 0.832. The number of rotatable bonds is 4. The molecule has 1 aromatic rings. The lowest BCUT2D eigenvalue weighted by Crippen LogP contribution is -2.30. The van der Waals surface area contributed by atoms with E-state index in [0.717, 1.165) is 0 Å². The molecule has 0 fully saturated rings. The Bertz CT molecular complexity index is 461. The molecule has 2 N–H and O–H groups in total. The van der Waals surface area contributed by atoms with E-state index < -0.39 is 0 Å². The Morgan fingerprint density at radius 2 is 1.75 bits per heavy atom. The predicted octanol–water partition coefficient (Wildman–Crippen LogP) is 2.67. The highest BCUT2D eigenvalue weighted by Crippen LogP contribution is 2.23. The molecule has 0 aliphatic rings. The average molecular weight is 278 g/mol. The van der Waals surface area contributed by atoms with Gasteiger partial charge in [-0.25, -0.2) is 4.79 Å². The van der Waals surface area contributed by atoms with Crippen molar-refractivity contribution in [2.45, 2.75) is 32.6 Å². The third kappa shape index (κ3) is 5.30. The zero-order chi connectivity index (χ0) is 15.2. The van der Waals surface area contributed by atoms with Crippen LogP contribution in [0.4, 0.5) is 10.5 Å². The fraction of sp³-hybridized carbons (Fsp3) is 0.467. The standard InChI is InChI=1S/C15H22N2O3/c1-15(2,3)11-5-7-12(8-6-11)17-14(19)16-10-9-13(18)20-4/h5-8H,9-10H2,1-4H3,(H2,16,17,19). The normalized spacial score (nSPS) is 10.8. The van der Waals surface area contributed by atoms with Crippen molar-refractivity contribution in [3.63, 3.8) is 0 Å². The molecule has 0 saturated heterocycles. The number of carbonyl (C=O) groups excluding carboxylic acids is 2. The maximum absolute atomic E-state index is 11.6. The van der Waals surface area contributed by atoms with Crippen LogP contribution in [0.5, 0.6) is 0 Å². The van der Waals surface area contributed by atoms with Crippen LogP contribution in [0.3, 0.4) is 0 Å². The predicted molar refractivity (Wildman–Crippen MR) is 78.8 cm³/mol.